The van der Waals surface area contributed by atoms with E-state index in [1.54, 1.807) is 12.1 Å². The summed E-state index contributed by atoms with van der Waals surface area (Å²) in [4.78, 5) is 12.2. The predicted molar refractivity (Wildman–Crippen MR) is 104 cm³/mol. The topological polar surface area (TPSA) is 64.9 Å². The highest BCUT2D eigenvalue weighted by Gasteiger charge is 2.12. The Hall–Kier alpha value is -1.84. The van der Waals surface area contributed by atoms with Crippen molar-refractivity contribution in [1.29, 1.82) is 5.26 Å². The summed E-state index contributed by atoms with van der Waals surface area (Å²) in [5.41, 5.74) is 3.43. The van der Waals surface area contributed by atoms with Gasteiger partial charge in [0.05, 0.1) is 18.2 Å². The van der Waals surface area contributed by atoms with Crippen LogP contribution in [-0.2, 0) is 6.42 Å². The molecule has 0 fully saturated rings. The molecule has 0 aliphatic carbocycles. The average Bonchev–Trinajstić information content (AvgIpc) is 2.52. The third-order valence-electron chi connectivity index (χ3n) is 3.46. The molecule has 2 aromatic rings. The van der Waals surface area contributed by atoms with Crippen molar-refractivity contribution >= 4 is 49.3 Å². The van der Waals surface area contributed by atoms with E-state index < -0.39 is 0 Å². The van der Waals surface area contributed by atoms with E-state index in [1.165, 1.54) is 5.56 Å². The molecule has 0 aromatic heterocycles. The van der Waals surface area contributed by atoms with Gasteiger partial charge in [0, 0.05) is 14.6 Å². The summed E-state index contributed by atoms with van der Waals surface area (Å²) in [6.07, 6.45) is 0.356. The smallest absolute Gasteiger partial charge is 0.308 e. The number of nitriles is 1. The molecule has 2 aromatic carbocycles. The van der Waals surface area contributed by atoms with Crippen molar-refractivity contribution < 1.29 is 4.79 Å². The van der Waals surface area contributed by atoms with Crippen LogP contribution in [0.4, 0.5) is 16.2 Å². The third kappa shape index (κ3) is 4.83. The molecule has 0 unspecified atom stereocenters. The van der Waals surface area contributed by atoms with Gasteiger partial charge in [-0.1, -0.05) is 26.0 Å². The van der Waals surface area contributed by atoms with Crippen LogP contribution in [0.1, 0.15) is 30.9 Å². The van der Waals surface area contributed by atoms with E-state index in [1.807, 2.05) is 24.3 Å². The van der Waals surface area contributed by atoms with Gasteiger partial charge >= 0.3 is 6.03 Å². The Morgan fingerprint density at radius 2 is 1.71 bits per heavy atom. The fourth-order valence-electron chi connectivity index (χ4n) is 2.12. The average molecular weight is 451 g/mol. The van der Waals surface area contributed by atoms with Crippen molar-refractivity contribution in [3.63, 3.8) is 0 Å². The van der Waals surface area contributed by atoms with Crippen molar-refractivity contribution in [2.75, 3.05) is 10.6 Å². The van der Waals surface area contributed by atoms with Gasteiger partial charge in [0.15, 0.2) is 0 Å². The molecular formula is C18H17Br2N3O. The number of carbonyl (C=O) groups excluding carboxylic acids is 1. The maximum atomic E-state index is 12.2. The molecule has 2 rings (SSSR count). The SMILES string of the molecule is CC(C)c1cc(Br)c(NC(=O)Nc2ccc(CC#N)cc2)c(Br)c1. The minimum absolute atomic E-state index is 0.332. The Morgan fingerprint density at radius 1 is 1.12 bits per heavy atom. The van der Waals surface area contributed by atoms with Crippen LogP contribution in [0.15, 0.2) is 45.3 Å². The van der Waals surface area contributed by atoms with Gasteiger partial charge in [-0.15, -0.1) is 0 Å². The number of nitrogens with one attached hydrogen (secondary N) is 2. The van der Waals surface area contributed by atoms with E-state index in [0.29, 0.717) is 23.7 Å². The number of carbonyl (C=O) groups is 1. The van der Waals surface area contributed by atoms with Gasteiger partial charge in [0.25, 0.3) is 0 Å². The molecule has 0 radical (unpaired) electrons. The Balaban J connectivity index is 2.08. The van der Waals surface area contributed by atoms with Crippen LogP contribution in [-0.4, -0.2) is 6.03 Å². The van der Waals surface area contributed by atoms with Crippen molar-refractivity contribution in [2.45, 2.75) is 26.2 Å². The molecule has 0 saturated heterocycles. The van der Waals surface area contributed by atoms with Gasteiger partial charge in [-0.05, 0) is 73.2 Å². The van der Waals surface area contributed by atoms with Crippen molar-refractivity contribution in [2.24, 2.45) is 0 Å². The van der Waals surface area contributed by atoms with Crippen molar-refractivity contribution in [3.8, 4) is 6.07 Å². The summed E-state index contributed by atoms with van der Waals surface area (Å²) in [6, 6.07) is 13.0. The number of anilines is 2. The van der Waals surface area contributed by atoms with E-state index in [0.717, 1.165) is 14.5 Å². The van der Waals surface area contributed by atoms with E-state index in [2.05, 4.69) is 62.4 Å². The highest BCUT2D eigenvalue weighted by atomic mass is 79.9. The first kappa shape index (κ1) is 18.5. The van der Waals surface area contributed by atoms with Crippen LogP contribution >= 0.6 is 31.9 Å². The van der Waals surface area contributed by atoms with Gasteiger partial charge in [-0.3, -0.25) is 0 Å². The van der Waals surface area contributed by atoms with Crippen LogP contribution in [0.2, 0.25) is 0 Å². The molecule has 124 valence electrons. The maximum absolute atomic E-state index is 12.2. The second kappa shape index (κ2) is 8.32. The first-order valence-corrected chi connectivity index (χ1v) is 9.02. The molecule has 0 spiro atoms. The van der Waals surface area contributed by atoms with Gasteiger partial charge in [-0.25, -0.2) is 4.79 Å². The Bertz CT molecular complexity index is 757. The van der Waals surface area contributed by atoms with E-state index in [-0.39, 0.29) is 6.03 Å². The summed E-state index contributed by atoms with van der Waals surface area (Å²) in [5.74, 6) is 0.396. The minimum Gasteiger partial charge on any atom is -0.308 e. The first-order chi connectivity index (χ1) is 11.4. The third-order valence-corrected chi connectivity index (χ3v) is 4.72. The molecule has 0 saturated carbocycles. The highest BCUT2D eigenvalue weighted by molar-refractivity contribution is 9.11. The monoisotopic (exact) mass is 449 g/mol. The van der Waals surface area contributed by atoms with Gasteiger partial charge in [0.2, 0.25) is 0 Å². The minimum atomic E-state index is -0.332. The number of urea groups is 1. The Labute approximate surface area is 158 Å². The number of halogens is 2. The molecule has 0 atom stereocenters. The zero-order valence-corrected chi connectivity index (χ0v) is 16.5. The molecule has 2 amide bonds. The number of nitrogens with zero attached hydrogens (tertiary/aromatic N) is 1. The molecule has 24 heavy (non-hydrogen) atoms. The lowest BCUT2D eigenvalue weighted by Gasteiger charge is -2.14. The lowest BCUT2D eigenvalue weighted by molar-refractivity contribution is 0.262. The number of benzene rings is 2. The molecule has 0 bridgehead atoms. The summed E-state index contributed by atoms with van der Waals surface area (Å²) >= 11 is 7.01. The van der Waals surface area contributed by atoms with Crippen molar-refractivity contribution in [1.82, 2.24) is 0 Å². The molecule has 4 nitrogen and oxygen atoms in total. The van der Waals surface area contributed by atoms with Crippen LogP contribution in [0.5, 0.6) is 0 Å². The van der Waals surface area contributed by atoms with Crippen LogP contribution in [0.25, 0.3) is 0 Å². The summed E-state index contributed by atoms with van der Waals surface area (Å²) < 4.78 is 1.64. The van der Waals surface area contributed by atoms with Crippen molar-refractivity contribution in [3.05, 3.63) is 56.5 Å². The molecular weight excluding hydrogens is 434 g/mol. The summed E-state index contributed by atoms with van der Waals surface area (Å²) in [6.45, 7) is 4.23. The number of rotatable bonds is 4. The molecule has 0 heterocycles. The Kier molecular flexibility index (Phi) is 6.41. The zero-order chi connectivity index (χ0) is 17.7. The van der Waals surface area contributed by atoms with Gasteiger partial charge in [-0.2, -0.15) is 5.26 Å². The van der Waals surface area contributed by atoms with E-state index in [9.17, 15) is 4.79 Å². The second-order valence-corrected chi connectivity index (χ2v) is 7.33. The fourth-order valence-corrected chi connectivity index (χ4v) is 3.54. The quantitative estimate of drug-likeness (QED) is 0.595. The fraction of sp³-hybridized carbons (Fsp3) is 0.222. The maximum Gasteiger partial charge on any atom is 0.323 e. The number of amides is 2. The zero-order valence-electron chi connectivity index (χ0n) is 13.4. The normalized spacial score (nSPS) is 10.3. The molecule has 2 N–H and O–H groups in total. The van der Waals surface area contributed by atoms with Crippen LogP contribution in [0, 0.1) is 11.3 Å². The number of hydrogen-bond donors (Lipinski definition) is 2. The molecule has 6 heteroatoms. The Morgan fingerprint density at radius 3 is 2.21 bits per heavy atom. The van der Waals surface area contributed by atoms with E-state index >= 15 is 0 Å². The largest absolute Gasteiger partial charge is 0.323 e. The lowest BCUT2D eigenvalue weighted by Crippen LogP contribution is -2.20. The van der Waals surface area contributed by atoms with Gasteiger partial charge in [0.1, 0.15) is 0 Å². The summed E-state index contributed by atoms with van der Waals surface area (Å²) in [7, 11) is 0. The van der Waals surface area contributed by atoms with Gasteiger partial charge < -0.3 is 10.6 Å². The first-order valence-electron chi connectivity index (χ1n) is 7.43. The molecule has 0 aliphatic heterocycles. The standard InChI is InChI=1S/C18H17Br2N3O/c1-11(2)13-9-15(19)17(16(20)10-13)23-18(24)22-14-5-3-12(4-6-14)7-8-21/h3-6,9-11H,7H2,1-2H3,(H2,22,23,24). The van der Waals surface area contributed by atoms with Crippen LogP contribution in [0.3, 0.4) is 0 Å². The summed E-state index contributed by atoms with van der Waals surface area (Å²) in [5, 5.41) is 14.3. The van der Waals surface area contributed by atoms with E-state index in [4.69, 9.17) is 5.26 Å². The highest BCUT2D eigenvalue weighted by Crippen LogP contribution is 2.34. The second-order valence-electron chi connectivity index (χ2n) is 5.63. The lowest BCUT2D eigenvalue weighted by atomic mass is 10.0. The number of hydrogen-bond acceptors (Lipinski definition) is 2. The predicted octanol–water partition coefficient (Wildman–Crippen LogP) is 6.05. The van der Waals surface area contributed by atoms with Crippen LogP contribution < -0.4 is 10.6 Å². The molecule has 0 aliphatic rings.